The van der Waals surface area contributed by atoms with Gasteiger partial charge in [-0.15, -0.1) is 0 Å². The van der Waals surface area contributed by atoms with Crippen molar-refractivity contribution in [3.63, 3.8) is 0 Å². The SMILES string of the molecule is CN1CCN(C(=O)C[O])CC1. The quantitative estimate of drug-likeness (QED) is 0.499. The second kappa shape index (κ2) is 3.69. The number of rotatable bonds is 1. The molecule has 0 unspecified atom stereocenters. The molecule has 1 heterocycles. The molecule has 0 saturated carbocycles. The highest BCUT2D eigenvalue weighted by Gasteiger charge is 2.17. The van der Waals surface area contributed by atoms with E-state index in [9.17, 15) is 9.90 Å². The first kappa shape index (κ1) is 8.49. The van der Waals surface area contributed by atoms with Crippen LogP contribution in [0.2, 0.25) is 0 Å². The summed E-state index contributed by atoms with van der Waals surface area (Å²) in [6.45, 7) is 2.57. The van der Waals surface area contributed by atoms with Crippen molar-refractivity contribution >= 4 is 5.91 Å². The van der Waals surface area contributed by atoms with E-state index in [1.165, 1.54) is 0 Å². The highest BCUT2D eigenvalue weighted by atomic mass is 16.3. The van der Waals surface area contributed by atoms with Crippen LogP contribution < -0.4 is 0 Å². The second-order valence-corrected chi connectivity index (χ2v) is 2.83. The molecule has 1 aliphatic heterocycles. The summed E-state index contributed by atoms with van der Waals surface area (Å²) in [5.41, 5.74) is 0. The Kier molecular flexibility index (Phi) is 2.84. The van der Waals surface area contributed by atoms with Crippen LogP contribution in [0.1, 0.15) is 0 Å². The third-order valence-electron chi connectivity index (χ3n) is 1.98. The number of hydrogen-bond acceptors (Lipinski definition) is 2. The number of likely N-dealkylation sites (N-methyl/N-ethyl adjacent to an activating group) is 1. The molecule has 0 spiro atoms. The van der Waals surface area contributed by atoms with E-state index in [-0.39, 0.29) is 5.91 Å². The summed E-state index contributed by atoms with van der Waals surface area (Å²) < 4.78 is 0. The number of amides is 1. The summed E-state index contributed by atoms with van der Waals surface area (Å²) >= 11 is 0. The highest BCUT2D eigenvalue weighted by molar-refractivity contribution is 5.77. The minimum absolute atomic E-state index is 0.266. The molecule has 63 valence electrons. The Morgan fingerprint density at radius 3 is 2.27 bits per heavy atom. The Labute approximate surface area is 66.4 Å². The zero-order chi connectivity index (χ0) is 8.27. The van der Waals surface area contributed by atoms with Crippen molar-refractivity contribution in [1.82, 2.24) is 9.80 Å². The van der Waals surface area contributed by atoms with E-state index in [4.69, 9.17) is 0 Å². The van der Waals surface area contributed by atoms with Gasteiger partial charge in [-0.05, 0) is 7.05 Å². The molecule has 0 aliphatic carbocycles. The lowest BCUT2D eigenvalue weighted by Crippen LogP contribution is -2.47. The van der Waals surface area contributed by atoms with Crippen LogP contribution >= 0.6 is 0 Å². The minimum Gasteiger partial charge on any atom is -0.338 e. The zero-order valence-corrected chi connectivity index (χ0v) is 6.75. The minimum atomic E-state index is -0.607. The molecule has 4 nitrogen and oxygen atoms in total. The highest BCUT2D eigenvalue weighted by Crippen LogP contribution is 1.98. The van der Waals surface area contributed by atoms with Gasteiger partial charge in [-0.1, -0.05) is 0 Å². The number of carbonyl (C=O) groups excluding carboxylic acids is 1. The Balaban J connectivity index is 2.33. The fraction of sp³-hybridized carbons (Fsp3) is 0.857. The van der Waals surface area contributed by atoms with Gasteiger partial charge < -0.3 is 9.80 Å². The molecule has 0 aromatic rings. The summed E-state index contributed by atoms with van der Waals surface area (Å²) in [5.74, 6) is -0.266. The van der Waals surface area contributed by atoms with Crippen molar-refractivity contribution in [3.8, 4) is 0 Å². The normalized spacial score (nSPS) is 20.4. The van der Waals surface area contributed by atoms with Gasteiger partial charge in [-0.2, -0.15) is 0 Å². The summed E-state index contributed by atoms with van der Waals surface area (Å²) in [5, 5.41) is 10.2. The molecule has 1 rings (SSSR count). The third kappa shape index (κ3) is 2.17. The first-order valence-electron chi connectivity index (χ1n) is 3.78. The standard InChI is InChI=1S/C7H13N2O2/c1-8-2-4-9(5-3-8)7(11)6-10/h2-6H2,1H3. The Morgan fingerprint density at radius 2 is 1.82 bits per heavy atom. The average Bonchev–Trinajstić information content (AvgIpc) is 2.05. The van der Waals surface area contributed by atoms with Gasteiger partial charge in [0.1, 0.15) is 0 Å². The maximum absolute atomic E-state index is 10.9. The van der Waals surface area contributed by atoms with Crippen molar-refractivity contribution < 1.29 is 9.90 Å². The molecular weight excluding hydrogens is 144 g/mol. The van der Waals surface area contributed by atoms with E-state index < -0.39 is 6.61 Å². The van der Waals surface area contributed by atoms with E-state index in [0.29, 0.717) is 13.1 Å². The second-order valence-electron chi connectivity index (χ2n) is 2.83. The molecule has 11 heavy (non-hydrogen) atoms. The molecule has 1 radical (unpaired) electrons. The van der Waals surface area contributed by atoms with Crippen LogP contribution in [0.15, 0.2) is 0 Å². The van der Waals surface area contributed by atoms with Crippen molar-refractivity contribution in [2.24, 2.45) is 0 Å². The molecule has 1 amide bonds. The molecule has 1 fully saturated rings. The summed E-state index contributed by atoms with van der Waals surface area (Å²) in [6, 6.07) is 0. The van der Waals surface area contributed by atoms with Crippen LogP contribution in [0, 0.1) is 0 Å². The lowest BCUT2D eigenvalue weighted by molar-refractivity contribution is -0.137. The molecule has 0 N–H and O–H groups in total. The maximum atomic E-state index is 10.9. The Bertz CT molecular complexity index is 141. The van der Waals surface area contributed by atoms with Crippen LogP contribution in [0.3, 0.4) is 0 Å². The van der Waals surface area contributed by atoms with Gasteiger partial charge in [0.2, 0.25) is 0 Å². The smallest absolute Gasteiger partial charge is 0.252 e. The largest absolute Gasteiger partial charge is 0.338 e. The van der Waals surface area contributed by atoms with Crippen LogP contribution in [-0.2, 0) is 9.90 Å². The molecular formula is C7H13N2O2. The Morgan fingerprint density at radius 1 is 1.27 bits per heavy atom. The van der Waals surface area contributed by atoms with Gasteiger partial charge in [0.05, 0.1) is 0 Å². The van der Waals surface area contributed by atoms with E-state index in [2.05, 4.69) is 4.90 Å². The van der Waals surface area contributed by atoms with Crippen molar-refractivity contribution in [2.75, 3.05) is 39.8 Å². The first-order chi connectivity index (χ1) is 5.24. The number of piperazine rings is 1. The zero-order valence-electron chi connectivity index (χ0n) is 6.75. The fourth-order valence-corrected chi connectivity index (χ4v) is 1.15. The van der Waals surface area contributed by atoms with Crippen LogP contribution in [-0.4, -0.2) is 55.5 Å². The van der Waals surface area contributed by atoms with Crippen LogP contribution in [0.25, 0.3) is 0 Å². The van der Waals surface area contributed by atoms with Gasteiger partial charge >= 0.3 is 0 Å². The Hall–Kier alpha value is -0.610. The summed E-state index contributed by atoms with van der Waals surface area (Å²) in [7, 11) is 2.01. The number of nitrogens with zero attached hydrogens (tertiary/aromatic N) is 2. The van der Waals surface area contributed by atoms with Crippen molar-refractivity contribution in [2.45, 2.75) is 0 Å². The van der Waals surface area contributed by atoms with E-state index in [0.717, 1.165) is 13.1 Å². The van der Waals surface area contributed by atoms with Gasteiger partial charge in [0, 0.05) is 26.2 Å². The average molecular weight is 157 g/mol. The lowest BCUT2D eigenvalue weighted by atomic mass is 10.3. The van der Waals surface area contributed by atoms with Crippen molar-refractivity contribution in [1.29, 1.82) is 0 Å². The number of hydrogen-bond donors (Lipinski definition) is 0. The summed E-state index contributed by atoms with van der Waals surface area (Å²) in [6.07, 6.45) is 0. The van der Waals surface area contributed by atoms with Gasteiger partial charge in [-0.3, -0.25) is 4.79 Å². The predicted molar refractivity (Wildman–Crippen MR) is 39.6 cm³/mol. The summed E-state index contributed by atoms with van der Waals surface area (Å²) in [4.78, 5) is 14.6. The molecule has 0 aromatic heterocycles. The lowest BCUT2D eigenvalue weighted by Gasteiger charge is -2.31. The molecule has 1 saturated heterocycles. The third-order valence-corrected chi connectivity index (χ3v) is 1.98. The first-order valence-corrected chi connectivity index (χ1v) is 3.78. The molecule has 1 aliphatic rings. The monoisotopic (exact) mass is 157 g/mol. The van der Waals surface area contributed by atoms with Gasteiger partial charge in [0.15, 0.2) is 6.61 Å². The van der Waals surface area contributed by atoms with E-state index in [1.54, 1.807) is 4.90 Å². The number of carbonyl (C=O) groups is 1. The van der Waals surface area contributed by atoms with Crippen LogP contribution in [0.5, 0.6) is 0 Å². The van der Waals surface area contributed by atoms with Crippen LogP contribution in [0.4, 0.5) is 0 Å². The van der Waals surface area contributed by atoms with E-state index in [1.807, 2.05) is 7.05 Å². The molecule has 0 aromatic carbocycles. The molecule has 4 heteroatoms. The van der Waals surface area contributed by atoms with Crippen molar-refractivity contribution in [3.05, 3.63) is 0 Å². The van der Waals surface area contributed by atoms with Gasteiger partial charge in [0.25, 0.3) is 5.91 Å². The fourth-order valence-electron chi connectivity index (χ4n) is 1.15. The van der Waals surface area contributed by atoms with E-state index >= 15 is 0 Å². The predicted octanol–water partition coefficient (Wildman–Crippen LogP) is -0.809. The molecule has 0 atom stereocenters. The maximum Gasteiger partial charge on any atom is 0.252 e. The van der Waals surface area contributed by atoms with Gasteiger partial charge in [-0.25, -0.2) is 5.11 Å². The molecule has 0 bridgehead atoms. The topological polar surface area (TPSA) is 43.5 Å².